The van der Waals surface area contributed by atoms with E-state index in [0.717, 1.165) is 24.1 Å². The lowest BCUT2D eigenvalue weighted by Gasteiger charge is -2.40. The minimum absolute atomic E-state index is 0.210. The molecule has 4 heteroatoms. The second kappa shape index (κ2) is 8.16. The Morgan fingerprint density at radius 3 is 2.71 bits per heavy atom. The van der Waals surface area contributed by atoms with Crippen LogP contribution in [-0.2, 0) is 6.54 Å². The molecule has 0 amide bonds. The monoisotopic (exact) mass is 354 g/mol. The number of nitrogens with zero attached hydrogens (tertiary/aromatic N) is 1. The zero-order valence-corrected chi connectivity index (χ0v) is 14.7. The molecule has 0 unspecified atom stereocenters. The Labute approximate surface area is 136 Å². The SMILES string of the molecule is CC(C)CNCc1ccc(Br)cc1N(CCO)C1CCC1. The molecule has 3 nitrogen and oxygen atoms in total. The molecule has 0 radical (unpaired) electrons. The second-order valence-corrected chi connectivity index (χ2v) is 7.22. The fourth-order valence-electron chi connectivity index (χ4n) is 2.76. The van der Waals surface area contributed by atoms with Crippen LogP contribution >= 0.6 is 15.9 Å². The Morgan fingerprint density at radius 2 is 2.14 bits per heavy atom. The van der Waals surface area contributed by atoms with Gasteiger partial charge in [-0.05, 0) is 49.4 Å². The third-order valence-corrected chi connectivity index (χ3v) is 4.57. The highest BCUT2D eigenvalue weighted by Gasteiger charge is 2.26. The standard InChI is InChI=1S/C17H27BrN2O/c1-13(2)11-19-12-14-6-7-15(18)10-17(14)20(8-9-21)16-4-3-5-16/h6-7,10,13,16,19,21H,3-5,8-9,11-12H2,1-2H3. The number of rotatable bonds is 8. The van der Waals surface area contributed by atoms with Gasteiger partial charge in [-0.15, -0.1) is 0 Å². The first-order chi connectivity index (χ1) is 10.1. The fraction of sp³-hybridized carbons (Fsp3) is 0.647. The van der Waals surface area contributed by atoms with Crippen LogP contribution in [0.3, 0.4) is 0 Å². The molecule has 0 spiro atoms. The number of aliphatic hydroxyl groups excluding tert-OH is 1. The zero-order chi connectivity index (χ0) is 15.2. The van der Waals surface area contributed by atoms with Crippen molar-refractivity contribution in [3.8, 4) is 0 Å². The van der Waals surface area contributed by atoms with E-state index in [0.29, 0.717) is 12.0 Å². The number of hydrogen-bond acceptors (Lipinski definition) is 3. The van der Waals surface area contributed by atoms with Crippen molar-refractivity contribution in [3.63, 3.8) is 0 Å². The quantitative estimate of drug-likeness (QED) is 0.749. The van der Waals surface area contributed by atoms with Gasteiger partial charge in [0.25, 0.3) is 0 Å². The number of halogens is 1. The normalized spacial score (nSPS) is 15.3. The van der Waals surface area contributed by atoms with Crippen LogP contribution in [0.5, 0.6) is 0 Å². The maximum atomic E-state index is 9.41. The molecule has 118 valence electrons. The van der Waals surface area contributed by atoms with E-state index in [2.05, 4.69) is 58.2 Å². The summed E-state index contributed by atoms with van der Waals surface area (Å²) < 4.78 is 1.10. The molecule has 21 heavy (non-hydrogen) atoms. The number of benzene rings is 1. The van der Waals surface area contributed by atoms with Crippen LogP contribution < -0.4 is 10.2 Å². The number of aliphatic hydroxyl groups is 1. The van der Waals surface area contributed by atoms with E-state index in [1.807, 2.05) is 0 Å². The van der Waals surface area contributed by atoms with Gasteiger partial charge in [-0.1, -0.05) is 35.8 Å². The molecule has 1 aromatic carbocycles. The van der Waals surface area contributed by atoms with Crippen molar-refractivity contribution >= 4 is 21.6 Å². The lowest BCUT2D eigenvalue weighted by molar-refractivity contribution is 0.283. The Hall–Kier alpha value is -0.580. The average molecular weight is 355 g/mol. The molecular weight excluding hydrogens is 328 g/mol. The molecule has 1 aliphatic rings. The van der Waals surface area contributed by atoms with Gasteiger partial charge in [0, 0.05) is 29.3 Å². The number of anilines is 1. The molecule has 0 aromatic heterocycles. The second-order valence-electron chi connectivity index (χ2n) is 6.30. The molecule has 1 saturated carbocycles. The molecule has 2 rings (SSSR count). The Bertz CT molecular complexity index is 446. The van der Waals surface area contributed by atoms with Crippen LogP contribution in [0.15, 0.2) is 22.7 Å². The average Bonchev–Trinajstić information content (AvgIpc) is 2.37. The Kier molecular flexibility index (Phi) is 6.52. The summed E-state index contributed by atoms with van der Waals surface area (Å²) in [6.07, 6.45) is 3.79. The van der Waals surface area contributed by atoms with E-state index in [-0.39, 0.29) is 6.61 Å². The number of hydrogen-bond donors (Lipinski definition) is 2. The van der Waals surface area contributed by atoms with E-state index in [9.17, 15) is 5.11 Å². The summed E-state index contributed by atoms with van der Waals surface area (Å²) in [6, 6.07) is 7.08. The first-order valence-electron chi connectivity index (χ1n) is 7.98. The number of nitrogens with one attached hydrogen (secondary N) is 1. The summed E-state index contributed by atoms with van der Waals surface area (Å²) in [4.78, 5) is 2.39. The van der Waals surface area contributed by atoms with Gasteiger partial charge in [0.15, 0.2) is 0 Å². The minimum atomic E-state index is 0.210. The summed E-state index contributed by atoms with van der Waals surface area (Å²) in [5, 5.41) is 12.9. The van der Waals surface area contributed by atoms with Crippen LogP contribution in [0.2, 0.25) is 0 Å². The highest BCUT2D eigenvalue weighted by atomic mass is 79.9. The van der Waals surface area contributed by atoms with E-state index in [1.54, 1.807) is 0 Å². The first-order valence-corrected chi connectivity index (χ1v) is 8.77. The predicted molar refractivity (Wildman–Crippen MR) is 92.8 cm³/mol. The van der Waals surface area contributed by atoms with Crippen LogP contribution in [0.1, 0.15) is 38.7 Å². The van der Waals surface area contributed by atoms with E-state index in [1.165, 1.54) is 30.5 Å². The molecule has 0 heterocycles. The first kappa shape index (κ1) is 16.8. The van der Waals surface area contributed by atoms with Crippen molar-refractivity contribution in [1.82, 2.24) is 5.32 Å². The lowest BCUT2D eigenvalue weighted by atomic mass is 9.90. The molecule has 0 atom stereocenters. The molecule has 1 aliphatic carbocycles. The van der Waals surface area contributed by atoms with Gasteiger partial charge in [0.1, 0.15) is 0 Å². The minimum Gasteiger partial charge on any atom is -0.395 e. The molecule has 2 N–H and O–H groups in total. The maximum absolute atomic E-state index is 9.41. The van der Waals surface area contributed by atoms with Crippen LogP contribution in [-0.4, -0.2) is 30.8 Å². The van der Waals surface area contributed by atoms with Crippen molar-refractivity contribution in [2.24, 2.45) is 5.92 Å². The predicted octanol–water partition coefficient (Wildman–Crippen LogP) is 3.55. The van der Waals surface area contributed by atoms with E-state index >= 15 is 0 Å². The highest BCUT2D eigenvalue weighted by molar-refractivity contribution is 9.10. The molecule has 0 bridgehead atoms. The summed E-state index contributed by atoms with van der Waals surface area (Å²) in [5.41, 5.74) is 2.58. The smallest absolute Gasteiger partial charge is 0.0606 e. The van der Waals surface area contributed by atoms with E-state index in [4.69, 9.17) is 0 Å². The summed E-state index contributed by atoms with van der Waals surface area (Å²) in [6.45, 7) is 7.29. The van der Waals surface area contributed by atoms with Crippen molar-refractivity contribution < 1.29 is 5.11 Å². The van der Waals surface area contributed by atoms with Gasteiger partial charge in [0.2, 0.25) is 0 Å². The molecule has 1 fully saturated rings. The molecule has 0 saturated heterocycles. The summed E-state index contributed by atoms with van der Waals surface area (Å²) >= 11 is 3.59. The maximum Gasteiger partial charge on any atom is 0.0606 e. The summed E-state index contributed by atoms with van der Waals surface area (Å²) in [5.74, 6) is 0.657. The topological polar surface area (TPSA) is 35.5 Å². The van der Waals surface area contributed by atoms with Gasteiger partial charge in [-0.25, -0.2) is 0 Å². The summed E-state index contributed by atoms with van der Waals surface area (Å²) in [7, 11) is 0. The van der Waals surface area contributed by atoms with Crippen LogP contribution in [0.4, 0.5) is 5.69 Å². The van der Waals surface area contributed by atoms with Gasteiger partial charge < -0.3 is 15.3 Å². The van der Waals surface area contributed by atoms with Gasteiger partial charge >= 0.3 is 0 Å². The molecule has 0 aliphatic heterocycles. The Balaban J connectivity index is 2.15. The van der Waals surface area contributed by atoms with Crippen molar-refractivity contribution in [3.05, 3.63) is 28.2 Å². The van der Waals surface area contributed by atoms with Crippen molar-refractivity contribution in [2.75, 3.05) is 24.6 Å². The van der Waals surface area contributed by atoms with Gasteiger partial charge in [-0.3, -0.25) is 0 Å². The molecular formula is C17H27BrN2O. The lowest BCUT2D eigenvalue weighted by Crippen LogP contribution is -2.42. The van der Waals surface area contributed by atoms with Crippen LogP contribution in [0, 0.1) is 5.92 Å². The third-order valence-electron chi connectivity index (χ3n) is 4.08. The third kappa shape index (κ3) is 4.70. The highest BCUT2D eigenvalue weighted by Crippen LogP contribution is 2.33. The Morgan fingerprint density at radius 1 is 1.38 bits per heavy atom. The van der Waals surface area contributed by atoms with Gasteiger partial charge in [-0.2, -0.15) is 0 Å². The van der Waals surface area contributed by atoms with Crippen molar-refractivity contribution in [1.29, 1.82) is 0 Å². The zero-order valence-electron chi connectivity index (χ0n) is 13.1. The van der Waals surface area contributed by atoms with Crippen molar-refractivity contribution in [2.45, 2.75) is 45.7 Å². The fourth-order valence-corrected chi connectivity index (χ4v) is 3.10. The van der Waals surface area contributed by atoms with Crippen LogP contribution in [0.25, 0.3) is 0 Å². The van der Waals surface area contributed by atoms with Gasteiger partial charge in [0.05, 0.1) is 6.61 Å². The molecule has 1 aromatic rings. The largest absolute Gasteiger partial charge is 0.395 e. The van der Waals surface area contributed by atoms with E-state index < -0.39 is 0 Å².